The molecule has 2 aromatic rings. The Morgan fingerprint density at radius 2 is 1.46 bits per heavy atom. The van der Waals surface area contributed by atoms with E-state index in [2.05, 4.69) is 69.9 Å². The number of carboxylic acid groups (broad SMARTS) is 1. The summed E-state index contributed by atoms with van der Waals surface area (Å²) in [6.45, 7) is 19.7. The Hall–Kier alpha value is -4.80. The number of hydrogen-bond donors (Lipinski definition) is 8. The number of aldehydes is 1. The Bertz CT molecular complexity index is 2200. The molecule has 5 amide bonds. The molecule has 26 heteroatoms. The number of benzene rings is 2. The van der Waals surface area contributed by atoms with E-state index >= 15 is 0 Å². The minimum atomic E-state index is -5.26. The van der Waals surface area contributed by atoms with Gasteiger partial charge in [-0.1, -0.05) is 89.5 Å². The first-order valence-corrected chi connectivity index (χ1v) is 29.4. The van der Waals surface area contributed by atoms with Crippen molar-refractivity contribution < 1.29 is 106 Å². The van der Waals surface area contributed by atoms with Gasteiger partial charge in [0.05, 0.1) is 32.0 Å². The summed E-state index contributed by atoms with van der Waals surface area (Å²) in [5.74, 6) is -2.99. The average Bonchev–Trinajstić information content (AvgIpc) is 3.95. The van der Waals surface area contributed by atoms with Gasteiger partial charge in [0.25, 0.3) is 5.91 Å². The molecule has 0 radical (unpaired) electrons. The van der Waals surface area contributed by atoms with E-state index in [0.29, 0.717) is 75.8 Å². The smallest absolute Gasteiger partial charge is 0.488 e. The Balaban J connectivity index is -0.00000191. The maximum Gasteiger partial charge on any atom is 0.488 e. The molecule has 0 saturated carbocycles. The van der Waals surface area contributed by atoms with Gasteiger partial charge in [-0.15, -0.1) is 0 Å². The van der Waals surface area contributed by atoms with Crippen LogP contribution in [-0.4, -0.2) is 177 Å². The third-order valence-electron chi connectivity index (χ3n) is 12.2. The quantitative estimate of drug-likeness (QED) is 0.0155. The number of carbonyl (C=O) groups is 7. The summed E-state index contributed by atoms with van der Waals surface area (Å²) in [7, 11) is -5.92. The summed E-state index contributed by atoms with van der Waals surface area (Å²) in [4.78, 5) is 98.9. The van der Waals surface area contributed by atoms with E-state index in [1.165, 1.54) is 54.1 Å². The van der Waals surface area contributed by atoms with Crippen LogP contribution in [0.4, 0.5) is 3.89 Å². The van der Waals surface area contributed by atoms with Gasteiger partial charge in [-0.2, -0.15) is 14.8 Å². The number of unbranched alkanes of at least 4 members (excludes halogenated alkanes) is 2. The minimum absolute atomic E-state index is 0. The number of carbonyl (C=O) groups excluding carboxylic acids is 7. The number of halogens is 1. The van der Waals surface area contributed by atoms with Gasteiger partial charge in [0.2, 0.25) is 23.6 Å². The van der Waals surface area contributed by atoms with Crippen LogP contribution in [-0.2, 0) is 57.0 Å². The molecule has 82 heavy (non-hydrogen) atoms. The van der Waals surface area contributed by atoms with Gasteiger partial charge in [-0.25, -0.2) is 0 Å². The van der Waals surface area contributed by atoms with Crippen LogP contribution >= 0.6 is 0 Å². The second-order valence-electron chi connectivity index (χ2n) is 19.1. The van der Waals surface area contributed by atoms with Gasteiger partial charge in [-0.3, -0.25) is 44.9 Å². The molecule has 0 aromatic heterocycles. The topological polar surface area (TPSA) is 319 Å². The Labute approximate surface area is 511 Å². The first-order chi connectivity index (χ1) is 38.6. The summed E-state index contributed by atoms with van der Waals surface area (Å²) in [6.07, 6.45) is 12.8. The van der Waals surface area contributed by atoms with Gasteiger partial charge in [-0.05, 0) is 132 Å². The van der Waals surface area contributed by atoms with Crippen LogP contribution in [0.5, 0.6) is 5.75 Å². The van der Waals surface area contributed by atoms with Gasteiger partial charge >= 0.3 is 23.6 Å². The maximum atomic E-state index is 13.4. The molecule has 0 bridgehead atoms. The molecular formula is C56H94BFN7O15SU-. The molecule has 22 nitrogen and oxygen atoms in total. The minimum Gasteiger partial charge on any atom is -0.542 e. The average molecular weight is 1410 g/mol. The van der Waals surface area contributed by atoms with E-state index in [1.54, 1.807) is 25.3 Å². The predicted molar refractivity (Wildman–Crippen MR) is 310 cm³/mol. The van der Waals surface area contributed by atoms with E-state index < -0.39 is 59.2 Å². The Morgan fingerprint density at radius 1 is 0.841 bits per heavy atom. The normalized spacial score (nSPS) is 13.0. The molecule has 1 aliphatic heterocycles. The first kappa shape index (κ1) is 81.4. The largest absolute Gasteiger partial charge is 0.542 e. The van der Waals surface area contributed by atoms with Crippen LogP contribution < -0.4 is 25.5 Å². The van der Waals surface area contributed by atoms with Crippen LogP contribution in [0.15, 0.2) is 48.5 Å². The molecule has 3 unspecified atom stereocenters. The van der Waals surface area contributed by atoms with E-state index in [4.69, 9.17) is 15.0 Å². The molecule has 1 saturated heterocycles. The van der Waals surface area contributed by atoms with Gasteiger partial charge in [0.1, 0.15) is 18.1 Å². The van der Waals surface area contributed by atoms with Crippen molar-refractivity contribution in [2.45, 2.75) is 163 Å². The number of aliphatic hydroxyl groups is 1. The molecule has 3 atom stereocenters. The van der Waals surface area contributed by atoms with Crippen molar-refractivity contribution in [3.8, 4) is 5.75 Å². The van der Waals surface area contributed by atoms with E-state index in [-0.39, 0.29) is 74.3 Å². The van der Waals surface area contributed by atoms with Crippen molar-refractivity contribution in [2.24, 2.45) is 5.92 Å². The second kappa shape index (κ2) is 50.7. The van der Waals surface area contributed by atoms with Gasteiger partial charge < -0.3 is 60.2 Å². The zero-order valence-corrected chi connectivity index (χ0v) is 54.6. The monoisotopic (exact) mass is 1400 g/mol. The standard InChI is InChI=1S/C36H52BFN6O10S.C11H23NO.C5H10O2.C3H5O.CH4O.U/c1-3-18-43(19-4-2)25-33(46)39-17-6-5-11-30(42-32(45)22-27-9-7-10-29(21-27)54-55(38,52)53)36(49)40-23-26-13-15-28(16-14-26)35(48)41-24-34(47)44-20-8-12-31(44)37(50)51;1-4-7-12(9-10-13)8-6-11(3)5-2;1-2-3-4-5(6)7;1-2-3-4;1-2;/h7,9-10,13-16,21,30-31,50-51H,3-6,8,11-12,17-20,22-25H2,1-2H3,(H,39,46)(H,40,49)(H,41,48)(H,42,45);10-11H,4-9H2,1-3H3;2-4H2,1H3,(H,6,7);2H2,1H3;2H,1H3;/q;;;-1;;. The molecule has 3 rings (SSSR count). The maximum absolute atomic E-state index is 13.4. The van der Waals surface area contributed by atoms with Crippen LogP contribution in [0.25, 0.3) is 0 Å². The molecule has 8 N–H and O–H groups in total. The van der Waals surface area contributed by atoms with Crippen LogP contribution in [0, 0.1) is 37.0 Å². The van der Waals surface area contributed by atoms with Crippen molar-refractivity contribution >= 4 is 65.7 Å². The second-order valence-corrected chi connectivity index (χ2v) is 20.1. The van der Waals surface area contributed by atoms with Crippen molar-refractivity contribution in [1.29, 1.82) is 0 Å². The summed E-state index contributed by atoms with van der Waals surface area (Å²) in [5.41, 5.74) is 1.23. The third kappa shape index (κ3) is 41.2. The van der Waals surface area contributed by atoms with E-state index in [1.807, 2.05) is 6.92 Å². The number of likely N-dealkylation sites (tertiary alicyclic amines) is 1. The summed E-state index contributed by atoms with van der Waals surface area (Å²) < 4.78 is 39.0. The van der Waals surface area contributed by atoms with Gasteiger partial charge in [0, 0.05) is 69.8 Å². The fraction of sp³-hybridized carbons (Fsp3) is 0.643. The van der Waals surface area contributed by atoms with Crippen molar-refractivity contribution in [3.63, 3.8) is 0 Å². The molecule has 2 aromatic carbocycles. The van der Waals surface area contributed by atoms with E-state index in [0.717, 1.165) is 77.6 Å². The first-order valence-electron chi connectivity index (χ1n) is 28.1. The summed E-state index contributed by atoms with van der Waals surface area (Å²) >= 11 is 0. The number of amides is 5. The number of aliphatic hydroxyl groups excluding tert-OH is 1. The fourth-order valence-corrected chi connectivity index (χ4v) is 8.23. The number of nitrogens with one attached hydrogen (secondary N) is 4. The number of aliphatic carboxylic acids is 1. The van der Waals surface area contributed by atoms with Crippen molar-refractivity contribution in [3.05, 3.63) is 65.2 Å². The molecular weight excluding hydrogens is 1310 g/mol. The fourth-order valence-electron chi connectivity index (χ4n) is 7.89. The van der Waals surface area contributed by atoms with Crippen LogP contribution in [0.1, 0.15) is 160 Å². The molecule has 0 aliphatic carbocycles. The number of rotatable bonds is 35. The molecule has 1 aliphatic rings. The number of hydrogen-bond acceptors (Lipinski definition) is 16. The summed E-state index contributed by atoms with van der Waals surface area (Å²) in [5, 5.41) is 45.0. The number of carboxylic acids is 1. The zero-order chi connectivity index (χ0) is 61.6. The number of nitrogens with zero attached hydrogens (tertiary/aromatic N) is 3. The predicted octanol–water partition coefficient (Wildman–Crippen LogP) is 4.47. The zero-order valence-electron chi connectivity index (χ0n) is 49.6. The molecule has 0 spiro atoms. The van der Waals surface area contributed by atoms with Crippen molar-refractivity contribution in [2.75, 3.05) is 66.0 Å². The van der Waals surface area contributed by atoms with Crippen molar-refractivity contribution in [1.82, 2.24) is 36.0 Å². The molecule has 1 fully saturated rings. The third-order valence-corrected chi connectivity index (χ3v) is 12.6. The molecule has 1 heterocycles. The summed E-state index contributed by atoms with van der Waals surface area (Å²) in [6, 6.07) is 10.7. The van der Waals surface area contributed by atoms with Crippen LogP contribution in [0.2, 0.25) is 0 Å². The Morgan fingerprint density at radius 3 is 1.99 bits per heavy atom. The van der Waals surface area contributed by atoms with E-state index in [9.17, 15) is 55.9 Å². The van der Waals surface area contributed by atoms with Crippen LogP contribution in [0.3, 0.4) is 0 Å². The molecule has 464 valence electrons. The Kier molecular flexibility index (Phi) is 50.3. The SMILES string of the molecule is CCCCC(=O)O.CCCN(CC=O)CCC(C)CC.CCCN(CCC)CC(=O)NCCCCC(NC(=O)Cc1cccc(OS(=O)(=O)F)c1)C(=O)NCc1ccc(C(=O)NCC(=O)N2CCCC2B(O)O)cc1.CC[C-]=O.CO.[U]. The van der Waals surface area contributed by atoms with Gasteiger partial charge in [0.15, 0.2) is 0 Å².